The summed E-state index contributed by atoms with van der Waals surface area (Å²) >= 11 is 0. The van der Waals surface area contributed by atoms with E-state index in [-0.39, 0.29) is 30.0 Å². The van der Waals surface area contributed by atoms with Crippen LogP contribution >= 0.6 is 0 Å². The molecule has 2 heterocycles. The van der Waals surface area contributed by atoms with Gasteiger partial charge in [0.05, 0.1) is 50.4 Å². The zero-order valence-electron chi connectivity index (χ0n) is 17.3. The monoisotopic (exact) mass is 427 g/mol. The van der Waals surface area contributed by atoms with Crippen molar-refractivity contribution in [1.82, 2.24) is 4.90 Å². The van der Waals surface area contributed by atoms with Crippen molar-refractivity contribution in [1.29, 1.82) is 0 Å². The molecular weight excluding hydrogens is 404 g/mol. The van der Waals surface area contributed by atoms with Crippen LogP contribution < -0.4 is 4.74 Å². The molecule has 10 heteroatoms. The van der Waals surface area contributed by atoms with Crippen molar-refractivity contribution < 1.29 is 42.1 Å². The molecule has 2 aliphatic heterocycles. The Morgan fingerprint density at radius 2 is 1.57 bits per heavy atom. The number of alkyl halides is 2. The Bertz CT molecular complexity index is 901. The molecule has 1 saturated heterocycles. The van der Waals surface area contributed by atoms with Crippen LogP contribution in [0, 0.1) is 0 Å². The van der Waals surface area contributed by atoms with E-state index in [4.69, 9.17) is 9.47 Å². The number of likely N-dealkylation sites (tertiary alicyclic amines) is 1. The summed E-state index contributed by atoms with van der Waals surface area (Å²) < 4.78 is 50.3. The topological polar surface area (TPSA) is 91.4 Å². The molecule has 0 bridgehead atoms. The average molecular weight is 427 g/mol. The second-order valence-electron chi connectivity index (χ2n) is 8.38. The molecule has 2 aliphatic rings. The number of amides is 1. The molecule has 0 N–H and O–H groups in total. The van der Waals surface area contributed by atoms with Crippen LogP contribution in [-0.4, -0.2) is 61.4 Å². The first kappa shape index (κ1) is 21.8. The zero-order valence-corrected chi connectivity index (χ0v) is 17.3. The smallest absolute Gasteiger partial charge is 0.410 e. The molecule has 1 aromatic rings. The first-order chi connectivity index (χ1) is 13.8. The molecule has 3 rings (SSSR count). The molecule has 1 fully saturated rings. The van der Waals surface area contributed by atoms with Gasteiger partial charge in [0, 0.05) is 0 Å². The summed E-state index contributed by atoms with van der Waals surface area (Å²) in [7, 11) is 2.18. The Morgan fingerprint density at radius 1 is 1.03 bits per heavy atom. The highest BCUT2D eigenvalue weighted by atomic mass is 19.3. The first-order valence-electron chi connectivity index (χ1n) is 9.21. The van der Waals surface area contributed by atoms with E-state index in [1.807, 2.05) is 0 Å². The Balaban J connectivity index is 1.92. The maximum atomic E-state index is 15.0. The third-order valence-electron chi connectivity index (χ3n) is 4.80. The van der Waals surface area contributed by atoms with E-state index in [1.54, 1.807) is 20.8 Å². The SMILES string of the molecule is COC(=O)c1cc2c(cc1C(=O)OC)C(F)(F)CC1(CN(C(=O)OC(C)(C)C)C1)O2. The first-order valence-corrected chi connectivity index (χ1v) is 9.21. The highest BCUT2D eigenvalue weighted by molar-refractivity contribution is 6.03. The number of carbonyl (C=O) groups excluding carboxylic acids is 3. The summed E-state index contributed by atoms with van der Waals surface area (Å²) in [6.07, 6.45) is -1.31. The lowest BCUT2D eigenvalue weighted by Crippen LogP contribution is -2.69. The summed E-state index contributed by atoms with van der Waals surface area (Å²) in [5, 5.41) is 0. The van der Waals surface area contributed by atoms with Crippen LogP contribution in [0.5, 0.6) is 5.75 Å². The summed E-state index contributed by atoms with van der Waals surface area (Å²) in [5.74, 6) is -5.45. The van der Waals surface area contributed by atoms with Crippen LogP contribution in [0.15, 0.2) is 12.1 Å². The van der Waals surface area contributed by atoms with Gasteiger partial charge in [-0.1, -0.05) is 0 Å². The third kappa shape index (κ3) is 3.90. The molecule has 0 saturated carbocycles. The highest BCUT2D eigenvalue weighted by Crippen LogP contribution is 2.51. The van der Waals surface area contributed by atoms with E-state index < -0.39 is 47.1 Å². The van der Waals surface area contributed by atoms with E-state index in [2.05, 4.69) is 9.47 Å². The Labute approximate surface area is 172 Å². The van der Waals surface area contributed by atoms with Crippen molar-refractivity contribution in [2.24, 2.45) is 0 Å². The van der Waals surface area contributed by atoms with Crippen molar-refractivity contribution in [3.05, 3.63) is 28.8 Å². The van der Waals surface area contributed by atoms with Gasteiger partial charge in [-0.15, -0.1) is 0 Å². The fraction of sp³-hybridized carbons (Fsp3) is 0.550. The number of halogens is 2. The van der Waals surface area contributed by atoms with Gasteiger partial charge in [-0.25, -0.2) is 23.2 Å². The van der Waals surface area contributed by atoms with Gasteiger partial charge in [0.25, 0.3) is 5.92 Å². The second-order valence-corrected chi connectivity index (χ2v) is 8.38. The van der Waals surface area contributed by atoms with E-state index in [9.17, 15) is 23.2 Å². The van der Waals surface area contributed by atoms with Crippen LogP contribution in [0.1, 0.15) is 53.5 Å². The fourth-order valence-corrected chi connectivity index (χ4v) is 3.56. The number of esters is 2. The van der Waals surface area contributed by atoms with Gasteiger partial charge in [-0.05, 0) is 32.9 Å². The number of fused-ring (bicyclic) bond motifs is 1. The van der Waals surface area contributed by atoms with Crippen LogP contribution in [0.2, 0.25) is 0 Å². The van der Waals surface area contributed by atoms with Gasteiger partial charge in [0.15, 0.2) is 5.60 Å². The van der Waals surface area contributed by atoms with Crippen molar-refractivity contribution >= 4 is 18.0 Å². The highest BCUT2D eigenvalue weighted by Gasteiger charge is 2.58. The Morgan fingerprint density at radius 3 is 2.07 bits per heavy atom. The largest absolute Gasteiger partial charge is 0.483 e. The van der Waals surface area contributed by atoms with Gasteiger partial charge in [-0.3, -0.25) is 0 Å². The third-order valence-corrected chi connectivity index (χ3v) is 4.80. The van der Waals surface area contributed by atoms with Crippen LogP contribution in [0.25, 0.3) is 0 Å². The lowest BCUT2D eigenvalue weighted by molar-refractivity contribution is -0.159. The minimum Gasteiger partial charge on any atom is -0.483 e. The Kier molecular flexibility index (Phi) is 5.16. The van der Waals surface area contributed by atoms with Crippen molar-refractivity contribution in [3.63, 3.8) is 0 Å². The molecule has 1 amide bonds. The summed E-state index contributed by atoms with van der Waals surface area (Å²) in [6.45, 7) is 4.92. The van der Waals surface area contributed by atoms with E-state index >= 15 is 0 Å². The normalized spacial score (nSPS) is 18.6. The average Bonchev–Trinajstić information content (AvgIpc) is 2.61. The van der Waals surface area contributed by atoms with Crippen LogP contribution in [0.3, 0.4) is 0 Å². The maximum absolute atomic E-state index is 15.0. The maximum Gasteiger partial charge on any atom is 0.410 e. The van der Waals surface area contributed by atoms with Crippen molar-refractivity contribution in [2.45, 2.75) is 44.3 Å². The van der Waals surface area contributed by atoms with Crippen molar-refractivity contribution in [2.75, 3.05) is 27.3 Å². The molecule has 1 aromatic carbocycles. The minimum atomic E-state index is -3.36. The van der Waals surface area contributed by atoms with Gasteiger partial charge in [-0.2, -0.15) is 0 Å². The van der Waals surface area contributed by atoms with Gasteiger partial charge in [0.2, 0.25) is 0 Å². The number of ether oxygens (including phenoxy) is 4. The molecule has 0 radical (unpaired) electrons. The number of nitrogens with zero attached hydrogens (tertiary/aromatic N) is 1. The summed E-state index contributed by atoms with van der Waals surface area (Å²) in [5.41, 5.74) is -3.17. The molecule has 0 aliphatic carbocycles. The molecule has 164 valence electrons. The summed E-state index contributed by atoms with van der Waals surface area (Å²) in [4.78, 5) is 37.5. The molecule has 30 heavy (non-hydrogen) atoms. The van der Waals surface area contributed by atoms with Crippen LogP contribution in [0.4, 0.5) is 13.6 Å². The minimum absolute atomic E-state index is 0.0940. The fourth-order valence-electron chi connectivity index (χ4n) is 3.56. The number of benzene rings is 1. The van der Waals surface area contributed by atoms with Gasteiger partial charge < -0.3 is 23.8 Å². The lowest BCUT2D eigenvalue weighted by Gasteiger charge is -2.52. The molecule has 0 aromatic heterocycles. The molecular formula is C20H23F2NO7. The molecule has 8 nitrogen and oxygen atoms in total. The number of hydrogen-bond donors (Lipinski definition) is 0. The van der Waals surface area contributed by atoms with Gasteiger partial charge >= 0.3 is 18.0 Å². The van der Waals surface area contributed by atoms with E-state index in [0.717, 1.165) is 26.4 Å². The van der Waals surface area contributed by atoms with Gasteiger partial charge in [0.1, 0.15) is 11.4 Å². The lowest BCUT2D eigenvalue weighted by atomic mass is 9.81. The standard InChI is InChI=1S/C20H23F2NO7/c1-18(2,3)30-17(26)23-9-19(10-23)8-20(21,22)13-6-11(15(24)27-4)12(16(25)28-5)7-14(13)29-19/h6-7H,8-10H2,1-5H3. The number of hydrogen-bond acceptors (Lipinski definition) is 7. The van der Waals surface area contributed by atoms with Crippen molar-refractivity contribution in [3.8, 4) is 5.75 Å². The number of carbonyl (C=O) groups is 3. The van der Waals surface area contributed by atoms with Crippen LogP contribution in [-0.2, 0) is 20.1 Å². The van der Waals surface area contributed by atoms with E-state index in [0.29, 0.717) is 0 Å². The zero-order chi connectivity index (χ0) is 22.5. The molecule has 1 spiro atoms. The quantitative estimate of drug-likeness (QED) is 0.529. The predicted molar refractivity (Wildman–Crippen MR) is 98.8 cm³/mol. The number of methoxy groups -OCH3 is 2. The van der Waals surface area contributed by atoms with E-state index in [1.165, 1.54) is 4.90 Å². The Hall–Kier alpha value is -2.91. The molecule has 0 atom stereocenters. The summed E-state index contributed by atoms with van der Waals surface area (Å²) in [6, 6.07) is 1.95. The molecule has 0 unspecified atom stereocenters. The number of rotatable bonds is 2. The second kappa shape index (κ2) is 7.10. The predicted octanol–water partition coefficient (Wildman–Crippen LogP) is 3.12.